The molecule has 0 saturated carbocycles. The van der Waals surface area contributed by atoms with Gasteiger partial charge in [0.2, 0.25) is 15.9 Å². The molecule has 148 valence electrons. The molecule has 27 heavy (non-hydrogen) atoms. The molecule has 2 amide bonds. The van der Waals surface area contributed by atoms with E-state index in [2.05, 4.69) is 0 Å². The number of primary amides is 1. The fourth-order valence-corrected chi connectivity index (χ4v) is 5.29. The minimum absolute atomic E-state index is 0.0246. The molecule has 2 heterocycles. The molecule has 1 aromatic carbocycles. The highest BCUT2D eigenvalue weighted by atomic mass is 32.2. The topological polar surface area (TPSA) is 110 Å². The number of amides is 2. The fourth-order valence-electron chi connectivity index (χ4n) is 3.56. The maximum Gasteiger partial charge on any atom is 0.409 e. The minimum atomic E-state index is -3.81. The lowest BCUT2D eigenvalue weighted by molar-refractivity contribution is 0.0798. The van der Waals surface area contributed by atoms with Crippen LogP contribution in [0.15, 0.2) is 29.2 Å². The highest BCUT2D eigenvalue weighted by molar-refractivity contribution is 7.89. The average Bonchev–Trinajstić information content (AvgIpc) is 3.21. The van der Waals surface area contributed by atoms with E-state index in [4.69, 9.17) is 10.5 Å². The number of nitrogens with zero attached hydrogens (tertiary/aromatic N) is 2. The summed E-state index contributed by atoms with van der Waals surface area (Å²) in [6, 6.07) is 5.31. The SMILES string of the molecule is NC(=O)c1cccc(S(=O)(=O)N2CCCCC2COC(=O)N2CCCC2)c1. The van der Waals surface area contributed by atoms with Gasteiger partial charge in [0.1, 0.15) is 6.61 Å². The number of hydrogen-bond donors (Lipinski definition) is 1. The van der Waals surface area contributed by atoms with Crippen LogP contribution in [0.3, 0.4) is 0 Å². The Morgan fingerprint density at radius 1 is 1.11 bits per heavy atom. The van der Waals surface area contributed by atoms with Crippen LogP contribution in [0.1, 0.15) is 42.5 Å². The third-order valence-corrected chi connectivity index (χ3v) is 7.01. The van der Waals surface area contributed by atoms with Gasteiger partial charge >= 0.3 is 6.09 Å². The van der Waals surface area contributed by atoms with E-state index in [0.717, 1.165) is 25.7 Å². The third-order valence-electron chi connectivity index (χ3n) is 5.06. The minimum Gasteiger partial charge on any atom is -0.448 e. The molecule has 0 aromatic heterocycles. The lowest BCUT2D eigenvalue weighted by Crippen LogP contribution is -2.47. The molecule has 9 heteroatoms. The summed E-state index contributed by atoms with van der Waals surface area (Å²) in [5.41, 5.74) is 5.41. The number of carbonyl (C=O) groups excluding carboxylic acids is 2. The van der Waals surface area contributed by atoms with Gasteiger partial charge in [-0.3, -0.25) is 4.79 Å². The van der Waals surface area contributed by atoms with E-state index in [9.17, 15) is 18.0 Å². The predicted molar refractivity (Wildman–Crippen MR) is 98.6 cm³/mol. The Kier molecular flexibility index (Phi) is 6.01. The monoisotopic (exact) mass is 395 g/mol. The Morgan fingerprint density at radius 3 is 2.52 bits per heavy atom. The number of rotatable bonds is 5. The summed E-state index contributed by atoms with van der Waals surface area (Å²) in [4.78, 5) is 25.2. The number of hydrogen-bond acceptors (Lipinski definition) is 5. The number of ether oxygens (including phenoxy) is 1. The molecule has 2 saturated heterocycles. The molecule has 2 aliphatic rings. The number of sulfonamides is 1. The van der Waals surface area contributed by atoms with Crippen molar-refractivity contribution in [2.75, 3.05) is 26.2 Å². The van der Waals surface area contributed by atoms with E-state index in [1.165, 1.54) is 28.6 Å². The molecule has 1 unspecified atom stereocenters. The largest absolute Gasteiger partial charge is 0.448 e. The van der Waals surface area contributed by atoms with Gasteiger partial charge in [-0.05, 0) is 43.9 Å². The number of carbonyl (C=O) groups is 2. The highest BCUT2D eigenvalue weighted by Crippen LogP contribution is 2.26. The van der Waals surface area contributed by atoms with Crippen molar-refractivity contribution in [1.29, 1.82) is 0 Å². The van der Waals surface area contributed by atoms with Gasteiger partial charge in [-0.2, -0.15) is 4.31 Å². The van der Waals surface area contributed by atoms with Crippen LogP contribution in [0.2, 0.25) is 0 Å². The van der Waals surface area contributed by atoms with Crippen LogP contribution < -0.4 is 5.73 Å². The van der Waals surface area contributed by atoms with Crippen LogP contribution in [-0.2, 0) is 14.8 Å². The van der Waals surface area contributed by atoms with E-state index in [0.29, 0.717) is 26.1 Å². The number of piperidine rings is 1. The second-order valence-corrected chi connectivity index (χ2v) is 8.82. The zero-order chi connectivity index (χ0) is 19.4. The highest BCUT2D eigenvalue weighted by Gasteiger charge is 2.35. The lowest BCUT2D eigenvalue weighted by Gasteiger charge is -2.34. The normalized spacial score (nSPS) is 21.2. The summed E-state index contributed by atoms with van der Waals surface area (Å²) in [6.07, 6.45) is 3.79. The molecular formula is C18H25N3O5S. The van der Waals surface area contributed by atoms with Crippen molar-refractivity contribution in [2.45, 2.75) is 43.0 Å². The van der Waals surface area contributed by atoms with Crippen LogP contribution in [-0.4, -0.2) is 61.9 Å². The molecule has 2 fully saturated rings. The van der Waals surface area contributed by atoms with Crippen molar-refractivity contribution in [3.8, 4) is 0 Å². The summed E-state index contributed by atoms with van der Waals surface area (Å²) in [7, 11) is -3.81. The Hall–Kier alpha value is -2.13. The first kappa shape index (κ1) is 19.6. The van der Waals surface area contributed by atoms with E-state index in [1.54, 1.807) is 4.90 Å². The molecule has 8 nitrogen and oxygen atoms in total. The molecule has 0 spiro atoms. The smallest absolute Gasteiger partial charge is 0.409 e. The molecule has 1 aromatic rings. The standard InChI is InChI=1S/C18H25N3O5S/c19-17(22)14-6-5-8-16(12-14)27(24,25)21-11-2-1-7-15(21)13-26-18(23)20-9-3-4-10-20/h5-6,8,12,15H,1-4,7,9-11,13H2,(H2,19,22). The fraction of sp³-hybridized carbons (Fsp3) is 0.556. The second kappa shape index (κ2) is 8.26. The van der Waals surface area contributed by atoms with Crippen LogP contribution in [0.4, 0.5) is 4.79 Å². The first-order valence-corrected chi connectivity index (χ1v) is 10.7. The van der Waals surface area contributed by atoms with Crippen LogP contribution in [0.5, 0.6) is 0 Å². The van der Waals surface area contributed by atoms with Gasteiger partial charge in [0.05, 0.1) is 10.9 Å². The third kappa shape index (κ3) is 4.41. The summed E-state index contributed by atoms with van der Waals surface area (Å²) in [6.45, 7) is 1.76. The molecule has 0 aliphatic carbocycles. The van der Waals surface area contributed by atoms with Gasteiger partial charge in [0.15, 0.2) is 0 Å². The van der Waals surface area contributed by atoms with E-state index < -0.39 is 22.0 Å². The summed E-state index contributed by atoms with van der Waals surface area (Å²) in [5.74, 6) is -0.679. The van der Waals surface area contributed by atoms with Crippen molar-refractivity contribution in [1.82, 2.24) is 9.21 Å². The van der Waals surface area contributed by atoms with Crippen molar-refractivity contribution >= 4 is 22.0 Å². The first-order valence-electron chi connectivity index (χ1n) is 9.23. The summed E-state index contributed by atoms with van der Waals surface area (Å²) >= 11 is 0. The van der Waals surface area contributed by atoms with Crippen molar-refractivity contribution in [2.24, 2.45) is 5.73 Å². The van der Waals surface area contributed by atoms with Gasteiger partial charge in [0.25, 0.3) is 0 Å². The van der Waals surface area contributed by atoms with Gasteiger partial charge in [0, 0.05) is 25.2 Å². The van der Waals surface area contributed by atoms with Crippen molar-refractivity contribution in [3.05, 3.63) is 29.8 Å². The van der Waals surface area contributed by atoms with E-state index >= 15 is 0 Å². The van der Waals surface area contributed by atoms with Gasteiger partial charge < -0.3 is 15.4 Å². The van der Waals surface area contributed by atoms with Crippen LogP contribution in [0, 0.1) is 0 Å². The van der Waals surface area contributed by atoms with Crippen molar-refractivity contribution < 1.29 is 22.7 Å². The van der Waals surface area contributed by atoms with Crippen molar-refractivity contribution in [3.63, 3.8) is 0 Å². The van der Waals surface area contributed by atoms with E-state index in [1.807, 2.05) is 0 Å². The molecule has 2 N–H and O–H groups in total. The predicted octanol–water partition coefficient (Wildman–Crippen LogP) is 1.56. The van der Waals surface area contributed by atoms with Crippen LogP contribution in [0.25, 0.3) is 0 Å². The maximum absolute atomic E-state index is 13.1. The molecule has 0 radical (unpaired) electrons. The maximum atomic E-state index is 13.1. The first-order chi connectivity index (χ1) is 12.9. The Labute approximate surface area is 159 Å². The lowest BCUT2D eigenvalue weighted by atomic mass is 10.1. The van der Waals surface area contributed by atoms with Gasteiger partial charge in [-0.25, -0.2) is 13.2 Å². The summed E-state index contributed by atoms with van der Waals surface area (Å²) < 4.78 is 33.0. The second-order valence-electron chi connectivity index (χ2n) is 6.93. The molecule has 1 atom stereocenters. The van der Waals surface area contributed by atoms with Gasteiger partial charge in [-0.1, -0.05) is 12.5 Å². The average molecular weight is 395 g/mol. The Bertz CT molecular complexity index is 805. The molecule has 0 bridgehead atoms. The summed E-state index contributed by atoms with van der Waals surface area (Å²) in [5, 5.41) is 0. The van der Waals surface area contributed by atoms with Gasteiger partial charge in [-0.15, -0.1) is 0 Å². The number of nitrogens with two attached hydrogens (primary N) is 1. The number of benzene rings is 1. The number of likely N-dealkylation sites (tertiary alicyclic amines) is 1. The van der Waals surface area contributed by atoms with E-state index in [-0.39, 0.29) is 23.2 Å². The quantitative estimate of drug-likeness (QED) is 0.813. The molecule has 2 aliphatic heterocycles. The zero-order valence-electron chi connectivity index (χ0n) is 15.2. The molecule has 3 rings (SSSR count). The molecular weight excluding hydrogens is 370 g/mol. The Morgan fingerprint density at radius 2 is 1.81 bits per heavy atom. The van der Waals surface area contributed by atoms with Crippen LogP contribution >= 0.6 is 0 Å². The Balaban J connectivity index is 1.74. The zero-order valence-corrected chi connectivity index (χ0v) is 16.0.